The number of amides is 1. The number of rotatable bonds is 6. The van der Waals surface area contributed by atoms with Gasteiger partial charge in [0.25, 0.3) is 5.91 Å². The van der Waals surface area contributed by atoms with Crippen molar-refractivity contribution >= 4 is 52.4 Å². The van der Waals surface area contributed by atoms with Crippen molar-refractivity contribution < 1.29 is 19.1 Å². The maximum absolute atomic E-state index is 12.3. The summed E-state index contributed by atoms with van der Waals surface area (Å²) in [6.07, 6.45) is -0.865. The average molecular weight is 417 g/mol. The Morgan fingerprint density at radius 2 is 1.77 bits per heavy atom. The molecule has 0 fully saturated rings. The number of nitrogens with one attached hydrogen (secondary N) is 1. The van der Waals surface area contributed by atoms with E-state index < -0.39 is 18.0 Å². The van der Waals surface area contributed by atoms with Crippen molar-refractivity contribution in [3.05, 3.63) is 57.0 Å². The molecule has 8 heteroatoms. The maximum Gasteiger partial charge on any atom is 0.338 e. The first kappa shape index (κ1) is 20.4. The van der Waals surface area contributed by atoms with Gasteiger partial charge in [0.2, 0.25) is 0 Å². The number of esters is 1. The normalized spacial score (nSPS) is 11.6. The standard InChI is InChI=1S/C18H16Cl3NO4/c1-3-25-18(24)11-5-4-6-12(7-11)22-17(23)10(2)26-16-9-14(20)13(19)8-15(16)21/h4-10H,3H2,1-2H3,(H,22,23)/t10-/m1/s1. The number of hydrogen-bond donors (Lipinski definition) is 1. The molecule has 0 saturated heterocycles. The van der Waals surface area contributed by atoms with Gasteiger partial charge in [-0.15, -0.1) is 0 Å². The molecule has 2 aromatic rings. The van der Waals surface area contributed by atoms with E-state index >= 15 is 0 Å². The minimum atomic E-state index is -0.865. The van der Waals surface area contributed by atoms with E-state index in [9.17, 15) is 9.59 Å². The third-order valence-electron chi connectivity index (χ3n) is 3.29. The first-order valence-corrected chi connectivity index (χ1v) is 8.84. The van der Waals surface area contributed by atoms with Crippen LogP contribution in [0.1, 0.15) is 24.2 Å². The minimum absolute atomic E-state index is 0.239. The lowest BCUT2D eigenvalue weighted by atomic mass is 10.2. The molecule has 2 rings (SSSR count). The molecule has 0 aliphatic carbocycles. The van der Waals surface area contributed by atoms with Gasteiger partial charge in [-0.3, -0.25) is 4.79 Å². The van der Waals surface area contributed by atoms with Gasteiger partial charge in [0.1, 0.15) is 5.75 Å². The summed E-state index contributed by atoms with van der Waals surface area (Å²) in [4.78, 5) is 24.1. The fourth-order valence-electron chi connectivity index (χ4n) is 2.02. The van der Waals surface area contributed by atoms with E-state index in [2.05, 4.69) is 5.32 Å². The summed E-state index contributed by atoms with van der Waals surface area (Å²) in [5.41, 5.74) is 0.780. The Balaban J connectivity index is 2.07. The van der Waals surface area contributed by atoms with Gasteiger partial charge in [-0.1, -0.05) is 40.9 Å². The quantitative estimate of drug-likeness (QED) is 0.517. The number of anilines is 1. The van der Waals surface area contributed by atoms with E-state index in [0.717, 1.165) is 0 Å². The average Bonchev–Trinajstić information content (AvgIpc) is 2.60. The Morgan fingerprint density at radius 1 is 1.08 bits per heavy atom. The van der Waals surface area contributed by atoms with Crippen LogP contribution in [-0.2, 0) is 9.53 Å². The maximum atomic E-state index is 12.3. The van der Waals surface area contributed by atoms with E-state index in [1.165, 1.54) is 18.2 Å². The fraction of sp³-hybridized carbons (Fsp3) is 0.222. The topological polar surface area (TPSA) is 64.6 Å². The van der Waals surface area contributed by atoms with Crippen molar-refractivity contribution in [2.24, 2.45) is 0 Å². The second kappa shape index (κ2) is 9.12. The van der Waals surface area contributed by atoms with Crippen molar-refractivity contribution in [1.29, 1.82) is 0 Å². The lowest BCUT2D eigenvalue weighted by Crippen LogP contribution is -2.30. The predicted molar refractivity (Wildman–Crippen MR) is 103 cm³/mol. The van der Waals surface area contributed by atoms with Gasteiger partial charge >= 0.3 is 5.97 Å². The second-order valence-electron chi connectivity index (χ2n) is 5.25. The van der Waals surface area contributed by atoms with Crippen molar-refractivity contribution in [3.8, 4) is 5.75 Å². The van der Waals surface area contributed by atoms with Crippen LogP contribution < -0.4 is 10.1 Å². The molecule has 0 aromatic heterocycles. The molecule has 0 saturated carbocycles. The molecule has 2 aromatic carbocycles. The van der Waals surface area contributed by atoms with Crippen molar-refractivity contribution in [3.63, 3.8) is 0 Å². The Bertz CT molecular complexity index is 826. The monoisotopic (exact) mass is 415 g/mol. The van der Waals surface area contributed by atoms with Gasteiger partial charge in [-0.25, -0.2) is 4.79 Å². The Kier molecular flexibility index (Phi) is 7.14. The van der Waals surface area contributed by atoms with Crippen LogP contribution in [0.5, 0.6) is 5.75 Å². The molecular weight excluding hydrogens is 401 g/mol. The molecule has 0 radical (unpaired) electrons. The van der Waals surface area contributed by atoms with Crippen LogP contribution in [0.4, 0.5) is 5.69 Å². The van der Waals surface area contributed by atoms with Gasteiger partial charge in [-0.2, -0.15) is 0 Å². The molecule has 1 amide bonds. The zero-order chi connectivity index (χ0) is 19.3. The SMILES string of the molecule is CCOC(=O)c1cccc(NC(=O)[C@@H](C)Oc2cc(Cl)c(Cl)cc2Cl)c1. The molecule has 1 N–H and O–H groups in total. The number of halogens is 3. The van der Waals surface area contributed by atoms with Crippen molar-refractivity contribution in [1.82, 2.24) is 0 Å². The van der Waals surface area contributed by atoms with Gasteiger partial charge in [0.05, 0.1) is 27.2 Å². The first-order chi connectivity index (χ1) is 12.3. The van der Waals surface area contributed by atoms with Crippen LogP contribution in [0.15, 0.2) is 36.4 Å². The summed E-state index contributed by atoms with van der Waals surface area (Å²) in [7, 11) is 0. The molecule has 1 atom stereocenters. The molecule has 26 heavy (non-hydrogen) atoms. The van der Waals surface area contributed by atoms with E-state index in [-0.39, 0.29) is 27.4 Å². The van der Waals surface area contributed by atoms with Gasteiger partial charge in [-0.05, 0) is 38.1 Å². The van der Waals surface area contributed by atoms with Crippen LogP contribution in [0.2, 0.25) is 15.1 Å². The second-order valence-corrected chi connectivity index (χ2v) is 6.47. The Labute approximate surface area is 166 Å². The smallest absolute Gasteiger partial charge is 0.338 e. The lowest BCUT2D eigenvalue weighted by molar-refractivity contribution is -0.122. The molecule has 0 bridgehead atoms. The molecule has 0 unspecified atom stereocenters. The summed E-state index contributed by atoms with van der Waals surface area (Å²) in [6.45, 7) is 3.55. The summed E-state index contributed by atoms with van der Waals surface area (Å²) < 4.78 is 10.5. The van der Waals surface area contributed by atoms with Crippen LogP contribution in [-0.4, -0.2) is 24.6 Å². The number of carbonyl (C=O) groups is 2. The van der Waals surface area contributed by atoms with E-state index in [1.807, 2.05) is 0 Å². The first-order valence-electron chi connectivity index (χ1n) is 7.71. The molecular formula is C18H16Cl3NO4. The highest BCUT2D eigenvalue weighted by Gasteiger charge is 2.18. The van der Waals surface area contributed by atoms with Crippen molar-refractivity contribution in [2.45, 2.75) is 20.0 Å². The van der Waals surface area contributed by atoms with E-state index in [4.69, 9.17) is 44.3 Å². The molecule has 0 heterocycles. The fourth-order valence-corrected chi connectivity index (χ4v) is 2.60. The van der Waals surface area contributed by atoms with Gasteiger partial charge < -0.3 is 14.8 Å². The molecule has 0 aliphatic heterocycles. The molecule has 5 nitrogen and oxygen atoms in total. The molecule has 0 spiro atoms. The summed E-state index contributed by atoms with van der Waals surface area (Å²) >= 11 is 17.8. The summed E-state index contributed by atoms with van der Waals surface area (Å²) in [5.74, 6) is -0.646. The predicted octanol–water partition coefficient (Wildman–Crippen LogP) is 5.23. The Morgan fingerprint density at radius 3 is 2.46 bits per heavy atom. The lowest BCUT2D eigenvalue weighted by Gasteiger charge is -2.16. The van der Waals surface area contributed by atoms with Crippen LogP contribution in [0, 0.1) is 0 Å². The number of hydrogen-bond acceptors (Lipinski definition) is 4. The van der Waals surface area contributed by atoms with Gasteiger partial charge in [0.15, 0.2) is 6.10 Å². The molecule has 0 aliphatic rings. The Hall–Kier alpha value is -1.95. The third kappa shape index (κ3) is 5.27. The summed E-state index contributed by atoms with van der Waals surface area (Å²) in [5, 5.41) is 3.46. The van der Waals surface area contributed by atoms with Crippen LogP contribution >= 0.6 is 34.8 Å². The number of ether oxygens (including phenoxy) is 2. The largest absolute Gasteiger partial charge is 0.479 e. The zero-order valence-corrected chi connectivity index (χ0v) is 16.3. The number of benzene rings is 2. The highest BCUT2D eigenvalue weighted by atomic mass is 35.5. The molecule has 138 valence electrons. The van der Waals surface area contributed by atoms with Crippen LogP contribution in [0.25, 0.3) is 0 Å². The van der Waals surface area contributed by atoms with E-state index in [1.54, 1.807) is 32.0 Å². The highest BCUT2D eigenvalue weighted by Crippen LogP contribution is 2.34. The van der Waals surface area contributed by atoms with Crippen LogP contribution in [0.3, 0.4) is 0 Å². The van der Waals surface area contributed by atoms with Crippen molar-refractivity contribution in [2.75, 3.05) is 11.9 Å². The minimum Gasteiger partial charge on any atom is -0.479 e. The zero-order valence-electron chi connectivity index (χ0n) is 14.0. The highest BCUT2D eigenvalue weighted by molar-refractivity contribution is 6.43. The van der Waals surface area contributed by atoms with E-state index in [0.29, 0.717) is 11.3 Å². The summed E-state index contributed by atoms with van der Waals surface area (Å²) in [6, 6.07) is 9.30. The number of carbonyl (C=O) groups excluding carboxylic acids is 2. The third-order valence-corrected chi connectivity index (χ3v) is 4.31. The van der Waals surface area contributed by atoms with Gasteiger partial charge in [0, 0.05) is 11.8 Å².